The lowest BCUT2D eigenvalue weighted by atomic mass is 9.84. The third kappa shape index (κ3) is 2.19. The second-order valence-corrected chi connectivity index (χ2v) is 6.02. The Kier molecular flexibility index (Phi) is 3.27. The highest BCUT2D eigenvalue weighted by molar-refractivity contribution is 5.84. The molecule has 2 aromatic rings. The Morgan fingerprint density at radius 1 is 1.21 bits per heavy atom. The van der Waals surface area contributed by atoms with Crippen molar-refractivity contribution in [3.63, 3.8) is 0 Å². The number of aromatic nitrogens is 1. The minimum absolute atomic E-state index is 0.0490. The topological polar surface area (TPSA) is 48.0 Å². The lowest BCUT2D eigenvalue weighted by Crippen LogP contribution is -2.36. The van der Waals surface area contributed by atoms with E-state index in [0.29, 0.717) is 6.54 Å². The summed E-state index contributed by atoms with van der Waals surface area (Å²) in [6, 6.07) is 6.22. The van der Waals surface area contributed by atoms with E-state index in [2.05, 4.69) is 26.0 Å². The third-order valence-electron chi connectivity index (χ3n) is 3.93. The summed E-state index contributed by atoms with van der Waals surface area (Å²) in [6.07, 6.45) is 0. The van der Waals surface area contributed by atoms with Gasteiger partial charge in [-0.05, 0) is 37.1 Å². The van der Waals surface area contributed by atoms with Crippen molar-refractivity contribution in [1.82, 2.24) is 4.57 Å². The normalized spacial score (nSPS) is 12.1. The first-order valence-electron chi connectivity index (χ1n) is 6.59. The zero-order valence-electron chi connectivity index (χ0n) is 12.4. The van der Waals surface area contributed by atoms with Gasteiger partial charge in [-0.25, -0.2) is 0 Å². The first-order chi connectivity index (χ1) is 8.77. The molecule has 0 radical (unpaired) electrons. The lowest BCUT2D eigenvalue weighted by Gasteiger charge is -2.24. The maximum atomic E-state index is 12.5. The summed E-state index contributed by atoms with van der Waals surface area (Å²) in [5.41, 5.74) is 9.70. The molecule has 0 saturated carbocycles. The molecule has 2 N–H and O–H groups in total. The van der Waals surface area contributed by atoms with E-state index in [-0.39, 0.29) is 11.0 Å². The Hall–Kier alpha value is -1.61. The number of fused-ring (bicyclic) bond motifs is 1. The number of hydrogen-bond donors (Lipinski definition) is 1. The van der Waals surface area contributed by atoms with E-state index < -0.39 is 0 Å². The fraction of sp³-hybridized carbons (Fsp3) is 0.438. The van der Waals surface area contributed by atoms with Crippen LogP contribution >= 0.6 is 0 Å². The van der Waals surface area contributed by atoms with Crippen LogP contribution in [0.5, 0.6) is 0 Å². The molecule has 0 amide bonds. The zero-order valence-corrected chi connectivity index (χ0v) is 12.4. The van der Waals surface area contributed by atoms with Crippen LogP contribution in [0.3, 0.4) is 0 Å². The van der Waals surface area contributed by atoms with Gasteiger partial charge in [-0.15, -0.1) is 0 Å². The quantitative estimate of drug-likeness (QED) is 0.899. The van der Waals surface area contributed by atoms with Crippen LogP contribution in [0, 0.1) is 13.8 Å². The first-order valence-corrected chi connectivity index (χ1v) is 6.59. The van der Waals surface area contributed by atoms with Crippen molar-refractivity contribution in [3.05, 3.63) is 45.2 Å². The van der Waals surface area contributed by atoms with E-state index in [1.165, 1.54) is 11.1 Å². The van der Waals surface area contributed by atoms with Crippen molar-refractivity contribution < 1.29 is 0 Å². The van der Waals surface area contributed by atoms with Crippen LogP contribution in [0.25, 0.3) is 10.9 Å². The molecule has 0 unspecified atom stereocenters. The van der Waals surface area contributed by atoms with Crippen molar-refractivity contribution in [3.8, 4) is 0 Å². The van der Waals surface area contributed by atoms with Crippen molar-refractivity contribution in [2.24, 2.45) is 12.8 Å². The first kappa shape index (κ1) is 13.8. The highest BCUT2D eigenvalue weighted by Gasteiger charge is 2.24. The summed E-state index contributed by atoms with van der Waals surface area (Å²) in [4.78, 5) is 12.5. The highest BCUT2D eigenvalue weighted by atomic mass is 16.1. The van der Waals surface area contributed by atoms with E-state index in [0.717, 1.165) is 16.5 Å². The van der Waals surface area contributed by atoms with E-state index in [1.54, 1.807) is 4.57 Å². The number of rotatable bonds is 2. The molecule has 1 aromatic carbocycles. The molecular weight excluding hydrogens is 236 g/mol. The average Bonchev–Trinajstić information content (AvgIpc) is 2.34. The number of hydrogen-bond acceptors (Lipinski definition) is 2. The molecule has 1 aromatic heterocycles. The van der Waals surface area contributed by atoms with Crippen LogP contribution in [0.15, 0.2) is 23.0 Å². The van der Waals surface area contributed by atoms with Gasteiger partial charge in [0.15, 0.2) is 0 Å². The Balaban J connectivity index is 2.93. The molecule has 0 aliphatic heterocycles. The van der Waals surface area contributed by atoms with Crippen molar-refractivity contribution in [2.45, 2.75) is 33.1 Å². The molecule has 0 spiro atoms. The number of nitrogens with two attached hydrogens (primary N) is 1. The van der Waals surface area contributed by atoms with Gasteiger partial charge in [-0.3, -0.25) is 4.79 Å². The maximum absolute atomic E-state index is 12.5. The summed E-state index contributed by atoms with van der Waals surface area (Å²) >= 11 is 0. The summed E-state index contributed by atoms with van der Waals surface area (Å²) in [7, 11) is 1.83. The monoisotopic (exact) mass is 258 g/mol. The molecule has 0 aliphatic carbocycles. The molecule has 1 heterocycles. The lowest BCUT2D eigenvalue weighted by molar-refractivity contribution is 0.529. The molecule has 0 atom stereocenters. The average molecular weight is 258 g/mol. The molecule has 0 aliphatic rings. The Morgan fingerprint density at radius 2 is 1.84 bits per heavy atom. The van der Waals surface area contributed by atoms with Gasteiger partial charge in [0, 0.05) is 30.0 Å². The third-order valence-corrected chi connectivity index (χ3v) is 3.93. The van der Waals surface area contributed by atoms with Gasteiger partial charge in [0.05, 0.1) is 5.52 Å². The molecule has 2 rings (SSSR count). The van der Waals surface area contributed by atoms with Crippen molar-refractivity contribution in [2.75, 3.05) is 6.54 Å². The second-order valence-electron chi connectivity index (χ2n) is 6.02. The van der Waals surface area contributed by atoms with Gasteiger partial charge >= 0.3 is 0 Å². The number of benzene rings is 1. The molecule has 0 bridgehead atoms. The Morgan fingerprint density at radius 3 is 2.42 bits per heavy atom. The summed E-state index contributed by atoms with van der Waals surface area (Å²) in [5.74, 6) is 0. The van der Waals surface area contributed by atoms with Gasteiger partial charge in [-0.1, -0.05) is 19.9 Å². The van der Waals surface area contributed by atoms with Crippen LogP contribution in [0.4, 0.5) is 0 Å². The number of aryl methyl sites for hydroxylation is 3. The maximum Gasteiger partial charge on any atom is 0.254 e. The Labute approximate surface area is 114 Å². The fourth-order valence-electron chi connectivity index (χ4n) is 2.51. The van der Waals surface area contributed by atoms with Crippen LogP contribution in [-0.2, 0) is 12.5 Å². The molecule has 0 fully saturated rings. The highest BCUT2D eigenvalue weighted by Crippen LogP contribution is 2.25. The van der Waals surface area contributed by atoms with Gasteiger partial charge < -0.3 is 10.3 Å². The van der Waals surface area contributed by atoms with E-state index in [9.17, 15) is 4.79 Å². The van der Waals surface area contributed by atoms with Crippen LogP contribution in [0.2, 0.25) is 0 Å². The largest absolute Gasteiger partial charge is 0.330 e. The summed E-state index contributed by atoms with van der Waals surface area (Å²) in [6.45, 7) is 8.62. The molecule has 3 heteroatoms. The fourth-order valence-corrected chi connectivity index (χ4v) is 2.51. The van der Waals surface area contributed by atoms with Gasteiger partial charge in [0.1, 0.15) is 0 Å². The SMILES string of the molecule is Cc1cc(C)c2cc(C(C)(C)CN)c(=O)n(C)c2c1. The van der Waals surface area contributed by atoms with Crippen LogP contribution < -0.4 is 11.3 Å². The van der Waals surface area contributed by atoms with Gasteiger partial charge in [-0.2, -0.15) is 0 Å². The minimum atomic E-state index is -0.305. The summed E-state index contributed by atoms with van der Waals surface area (Å²) in [5, 5.41) is 1.13. The molecule has 3 nitrogen and oxygen atoms in total. The minimum Gasteiger partial charge on any atom is -0.330 e. The number of nitrogens with zero attached hydrogens (tertiary/aromatic N) is 1. The van der Waals surface area contributed by atoms with E-state index in [4.69, 9.17) is 5.73 Å². The second kappa shape index (κ2) is 4.49. The van der Waals surface area contributed by atoms with E-state index in [1.807, 2.05) is 27.0 Å². The number of pyridine rings is 1. The molecule has 102 valence electrons. The molecular formula is C16H22N2O. The Bertz CT molecular complexity index is 696. The van der Waals surface area contributed by atoms with Crippen LogP contribution in [-0.4, -0.2) is 11.1 Å². The van der Waals surface area contributed by atoms with E-state index >= 15 is 0 Å². The molecule has 19 heavy (non-hydrogen) atoms. The van der Waals surface area contributed by atoms with Crippen molar-refractivity contribution >= 4 is 10.9 Å². The standard InChI is InChI=1S/C16H22N2O/c1-10-6-11(2)12-8-13(16(3,4)9-17)15(19)18(5)14(12)7-10/h6-8H,9,17H2,1-5H3. The van der Waals surface area contributed by atoms with Crippen molar-refractivity contribution in [1.29, 1.82) is 0 Å². The molecule has 0 saturated heterocycles. The van der Waals surface area contributed by atoms with Gasteiger partial charge in [0.2, 0.25) is 0 Å². The zero-order chi connectivity index (χ0) is 14.4. The van der Waals surface area contributed by atoms with Gasteiger partial charge in [0.25, 0.3) is 5.56 Å². The summed E-state index contributed by atoms with van der Waals surface area (Å²) < 4.78 is 1.74. The van der Waals surface area contributed by atoms with Crippen LogP contribution in [0.1, 0.15) is 30.5 Å². The smallest absolute Gasteiger partial charge is 0.254 e. The predicted molar refractivity (Wildman–Crippen MR) is 80.7 cm³/mol. The predicted octanol–water partition coefficient (Wildman–Crippen LogP) is 2.39.